The van der Waals surface area contributed by atoms with Crippen molar-refractivity contribution in [1.29, 1.82) is 0 Å². The monoisotopic (exact) mass is 373 g/mol. The zero-order valence-electron chi connectivity index (χ0n) is 13.3. The molecular weight excluding hydrogens is 358 g/mol. The standard InChI is InChI=1S/C22H16BrN/c1-15-12-18(10-11-22(15)23)24-14-21-19-8-4-2-6-16(19)13-17-7-3-5-9-20(17)21/h2-14H,1H3. The first-order chi connectivity index (χ1) is 11.7. The largest absolute Gasteiger partial charge is 0.256 e. The van der Waals surface area contributed by atoms with Crippen molar-refractivity contribution in [2.24, 2.45) is 4.99 Å². The maximum absolute atomic E-state index is 4.73. The first-order valence-corrected chi connectivity index (χ1v) is 8.72. The van der Waals surface area contributed by atoms with Crippen LogP contribution in [0.3, 0.4) is 0 Å². The quantitative estimate of drug-likeness (QED) is 0.270. The van der Waals surface area contributed by atoms with Gasteiger partial charge in [0.05, 0.1) is 5.69 Å². The molecule has 0 aromatic heterocycles. The van der Waals surface area contributed by atoms with E-state index in [1.165, 1.54) is 32.7 Å². The fourth-order valence-electron chi connectivity index (χ4n) is 3.04. The molecule has 0 spiro atoms. The minimum absolute atomic E-state index is 0.965. The van der Waals surface area contributed by atoms with Crippen molar-refractivity contribution in [2.75, 3.05) is 0 Å². The fourth-order valence-corrected chi connectivity index (χ4v) is 3.28. The Morgan fingerprint density at radius 2 is 1.42 bits per heavy atom. The second-order valence-corrected chi connectivity index (χ2v) is 6.78. The Morgan fingerprint density at radius 3 is 2.04 bits per heavy atom. The van der Waals surface area contributed by atoms with Crippen LogP contribution in [0.2, 0.25) is 0 Å². The van der Waals surface area contributed by atoms with Gasteiger partial charge >= 0.3 is 0 Å². The number of rotatable bonds is 2. The Labute approximate surface area is 149 Å². The molecule has 0 radical (unpaired) electrons. The molecule has 4 rings (SSSR count). The number of hydrogen-bond acceptors (Lipinski definition) is 1. The van der Waals surface area contributed by atoms with E-state index in [1.54, 1.807) is 0 Å². The van der Waals surface area contributed by atoms with Gasteiger partial charge in [0.25, 0.3) is 0 Å². The zero-order chi connectivity index (χ0) is 16.5. The SMILES string of the molecule is Cc1cc(N=Cc2c3ccccc3cc3ccccc23)ccc1Br. The molecule has 0 aliphatic heterocycles. The third-order valence-corrected chi connectivity index (χ3v) is 5.19. The first-order valence-electron chi connectivity index (χ1n) is 7.93. The van der Waals surface area contributed by atoms with E-state index in [-0.39, 0.29) is 0 Å². The van der Waals surface area contributed by atoms with Crippen LogP contribution in [-0.4, -0.2) is 6.21 Å². The number of fused-ring (bicyclic) bond motifs is 2. The smallest absolute Gasteiger partial charge is 0.0633 e. The molecular formula is C22H16BrN. The second kappa shape index (κ2) is 6.21. The van der Waals surface area contributed by atoms with Gasteiger partial charge in [-0.3, -0.25) is 4.99 Å². The maximum atomic E-state index is 4.73. The van der Waals surface area contributed by atoms with Crippen molar-refractivity contribution in [2.45, 2.75) is 6.92 Å². The molecule has 0 amide bonds. The van der Waals surface area contributed by atoms with Crippen LogP contribution in [0.25, 0.3) is 21.5 Å². The van der Waals surface area contributed by atoms with Crippen molar-refractivity contribution in [3.8, 4) is 0 Å². The van der Waals surface area contributed by atoms with E-state index in [0.717, 1.165) is 10.2 Å². The second-order valence-electron chi connectivity index (χ2n) is 5.92. The van der Waals surface area contributed by atoms with Crippen molar-refractivity contribution < 1.29 is 0 Å². The van der Waals surface area contributed by atoms with Gasteiger partial charge < -0.3 is 0 Å². The van der Waals surface area contributed by atoms with Gasteiger partial charge in [0.2, 0.25) is 0 Å². The summed E-state index contributed by atoms with van der Waals surface area (Å²) in [7, 11) is 0. The molecule has 0 saturated heterocycles. The number of aryl methyl sites for hydroxylation is 1. The highest BCUT2D eigenvalue weighted by Crippen LogP contribution is 2.28. The van der Waals surface area contributed by atoms with Crippen LogP contribution >= 0.6 is 15.9 Å². The molecule has 24 heavy (non-hydrogen) atoms. The summed E-state index contributed by atoms with van der Waals surface area (Å²) in [6.45, 7) is 2.08. The molecule has 0 aliphatic carbocycles. The lowest BCUT2D eigenvalue weighted by atomic mass is 9.97. The number of nitrogens with zero attached hydrogens (tertiary/aromatic N) is 1. The summed E-state index contributed by atoms with van der Waals surface area (Å²) < 4.78 is 1.11. The van der Waals surface area contributed by atoms with Crippen molar-refractivity contribution in [3.05, 3.63) is 88.4 Å². The Morgan fingerprint density at radius 1 is 0.792 bits per heavy atom. The summed E-state index contributed by atoms with van der Waals surface area (Å²) in [6.07, 6.45) is 1.99. The molecule has 0 N–H and O–H groups in total. The zero-order valence-corrected chi connectivity index (χ0v) is 14.9. The summed E-state index contributed by atoms with van der Waals surface area (Å²) >= 11 is 3.54. The molecule has 1 nitrogen and oxygen atoms in total. The van der Waals surface area contributed by atoms with E-state index in [1.807, 2.05) is 18.3 Å². The van der Waals surface area contributed by atoms with Crippen LogP contribution in [0.5, 0.6) is 0 Å². The van der Waals surface area contributed by atoms with Crippen LogP contribution < -0.4 is 0 Å². The van der Waals surface area contributed by atoms with Gasteiger partial charge in [-0.15, -0.1) is 0 Å². The van der Waals surface area contributed by atoms with Crippen molar-refractivity contribution >= 4 is 49.4 Å². The van der Waals surface area contributed by atoms with Gasteiger partial charge in [-0.25, -0.2) is 0 Å². The molecule has 0 fully saturated rings. The Bertz CT molecular complexity index is 1030. The summed E-state index contributed by atoms with van der Waals surface area (Å²) in [5.41, 5.74) is 3.32. The Kier molecular flexibility index (Phi) is 3.91. The molecule has 0 heterocycles. The van der Waals surface area contributed by atoms with Crippen LogP contribution in [-0.2, 0) is 0 Å². The average molecular weight is 374 g/mol. The normalized spacial score (nSPS) is 11.6. The molecule has 4 aromatic carbocycles. The summed E-state index contributed by atoms with van der Waals surface area (Å²) in [5.74, 6) is 0. The third-order valence-electron chi connectivity index (χ3n) is 4.30. The fraction of sp³-hybridized carbons (Fsp3) is 0.0455. The van der Waals surface area contributed by atoms with Crippen molar-refractivity contribution in [1.82, 2.24) is 0 Å². The van der Waals surface area contributed by atoms with E-state index in [9.17, 15) is 0 Å². The third kappa shape index (κ3) is 2.74. The predicted molar refractivity (Wildman–Crippen MR) is 108 cm³/mol. The van der Waals surface area contributed by atoms with Gasteiger partial charge in [-0.1, -0.05) is 64.5 Å². The van der Waals surface area contributed by atoms with Gasteiger partial charge in [0.15, 0.2) is 0 Å². The average Bonchev–Trinajstić information content (AvgIpc) is 2.61. The molecule has 116 valence electrons. The van der Waals surface area contributed by atoms with Crippen LogP contribution in [0, 0.1) is 6.92 Å². The highest BCUT2D eigenvalue weighted by molar-refractivity contribution is 9.10. The van der Waals surface area contributed by atoms with E-state index in [4.69, 9.17) is 4.99 Å². The van der Waals surface area contributed by atoms with Gasteiger partial charge in [0.1, 0.15) is 0 Å². The van der Waals surface area contributed by atoms with Crippen LogP contribution in [0.4, 0.5) is 5.69 Å². The lowest BCUT2D eigenvalue weighted by Crippen LogP contribution is -1.88. The molecule has 0 atom stereocenters. The maximum Gasteiger partial charge on any atom is 0.0633 e. The van der Waals surface area contributed by atoms with Crippen LogP contribution in [0.15, 0.2) is 82.3 Å². The topological polar surface area (TPSA) is 12.4 Å². The summed E-state index contributed by atoms with van der Waals surface area (Å²) in [4.78, 5) is 4.73. The Balaban J connectivity index is 1.93. The van der Waals surface area contributed by atoms with E-state index < -0.39 is 0 Å². The Hall–Kier alpha value is -2.45. The predicted octanol–water partition coefficient (Wildman–Crippen LogP) is 6.81. The first kappa shape index (κ1) is 15.1. The van der Waals surface area contributed by atoms with E-state index in [0.29, 0.717) is 0 Å². The number of hydrogen-bond donors (Lipinski definition) is 0. The minimum atomic E-state index is 0.965. The van der Waals surface area contributed by atoms with E-state index in [2.05, 4.69) is 83.5 Å². The summed E-state index contributed by atoms with van der Waals surface area (Å²) in [6, 6.07) is 25.4. The summed E-state index contributed by atoms with van der Waals surface area (Å²) in [5, 5.41) is 4.94. The lowest BCUT2D eigenvalue weighted by Gasteiger charge is -2.08. The molecule has 0 saturated carbocycles. The number of aliphatic imine (C=N–C) groups is 1. The number of benzene rings is 4. The van der Waals surface area contributed by atoms with E-state index >= 15 is 0 Å². The highest BCUT2D eigenvalue weighted by Gasteiger charge is 2.05. The van der Waals surface area contributed by atoms with Gasteiger partial charge in [0, 0.05) is 16.3 Å². The highest BCUT2D eigenvalue weighted by atomic mass is 79.9. The molecule has 0 aliphatic rings. The number of halogens is 1. The lowest BCUT2D eigenvalue weighted by molar-refractivity contribution is 1.40. The molecule has 2 heteroatoms. The minimum Gasteiger partial charge on any atom is -0.256 e. The molecule has 4 aromatic rings. The van der Waals surface area contributed by atoms with Crippen molar-refractivity contribution in [3.63, 3.8) is 0 Å². The molecule has 0 bridgehead atoms. The van der Waals surface area contributed by atoms with Gasteiger partial charge in [-0.2, -0.15) is 0 Å². The molecule has 0 unspecified atom stereocenters. The van der Waals surface area contributed by atoms with Crippen LogP contribution in [0.1, 0.15) is 11.1 Å². The van der Waals surface area contributed by atoms with Gasteiger partial charge in [-0.05, 0) is 58.3 Å².